The number of pyridine rings is 1. The monoisotopic (exact) mass is 190 g/mol. The first-order valence-electron chi connectivity index (χ1n) is 4.50. The Balaban J connectivity index is 2.79. The third-order valence-electron chi connectivity index (χ3n) is 2.00. The average Bonchev–Trinajstić information content (AvgIpc) is 2.25. The van der Waals surface area contributed by atoms with Crippen LogP contribution in [0, 0.1) is 11.3 Å². The van der Waals surface area contributed by atoms with Gasteiger partial charge in [-0.2, -0.15) is 5.26 Å². The molecule has 0 spiro atoms. The summed E-state index contributed by atoms with van der Waals surface area (Å²) in [5.41, 5.74) is 1.36. The zero-order chi connectivity index (χ0) is 10.4. The van der Waals surface area contributed by atoms with Gasteiger partial charge in [0.2, 0.25) is 0 Å². The molecule has 1 rings (SSSR count). The molecule has 1 aromatic rings. The van der Waals surface area contributed by atoms with Crippen LogP contribution in [-0.4, -0.2) is 32.2 Å². The molecule has 0 atom stereocenters. The van der Waals surface area contributed by atoms with Crippen LogP contribution < -0.4 is 10.2 Å². The van der Waals surface area contributed by atoms with Crippen molar-refractivity contribution in [1.82, 2.24) is 10.3 Å². The number of aromatic nitrogens is 1. The van der Waals surface area contributed by atoms with Crippen molar-refractivity contribution in [3.8, 4) is 6.07 Å². The number of anilines is 1. The van der Waals surface area contributed by atoms with Gasteiger partial charge in [-0.15, -0.1) is 0 Å². The molecular weight excluding hydrogens is 176 g/mol. The smallest absolute Gasteiger partial charge is 0.163 e. The molecule has 1 aromatic heterocycles. The molecule has 0 amide bonds. The lowest BCUT2D eigenvalue weighted by Crippen LogP contribution is -2.27. The van der Waals surface area contributed by atoms with Crippen molar-refractivity contribution in [2.24, 2.45) is 0 Å². The minimum absolute atomic E-state index is 0.478. The number of nitrogens with one attached hydrogen (secondary N) is 1. The second-order valence-electron chi connectivity index (χ2n) is 3.01. The van der Waals surface area contributed by atoms with Crippen molar-refractivity contribution < 1.29 is 0 Å². The normalized spacial score (nSPS) is 9.50. The van der Waals surface area contributed by atoms with Crippen LogP contribution in [0.5, 0.6) is 0 Å². The van der Waals surface area contributed by atoms with Crippen molar-refractivity contribution in [3.05, 3.63) is 24.0 Å². The van der Waals surface area contributed by atoms with E-state index in [0.29, 0.717) is 5.69 Å². The summed E-state index contributed by atoms with van der Waals surface area (Å²) in [5, 5.41) is 11.9. The molecule has 0 bridgehead atoms. The van der Waals surface area contributed by atoms with E-state index in [1.54, 1.807) is 6.20 Å². The minimum atomic E-state index is 0.478. The number of rotatable bonds is 4. The van der Waals surface area contributed by atoms with E-state index in [4.69, 9.17) is 5.26 Å². The van der Waals surface area contributed by atoms with E-state index in [1.807, 2.05) is 31.1 Å². The van der Waals surface area contributed by atoms with Gasteiger partial charge >= 0.3 is 0 Å². The summed E-state index contributed by atoms with van der Waals surface area (Å²) >= 11 is 0. The first-order chi connectivity index (χ1) is 6.79. The molecule has 0 fully saturated rings. The van der Waals surface area contributed by atoms with Gasteiger partial charge in [-0.25, -0.2) is 4.98 Å². The zero-order valence-electron chi connectivity index (χ0n) is 8.49. The molecule has 1 heterocycles. The molecule has 0 aliphatic rings. The Bertz CT molecular complexity index is 329. The maximum absolute atomic E-state index is 8.84. The van der Waals surface area contributed by atoms with E-state index >= 15 is 0 Å². The van der Waals surface area contributed by atoms with Crippen molar-refractivity contribution >= 4 is 5.69 Å². The first kappa shape index (κ1) is 10.5. The fourth-order valence-corrected chi connectivity index (χ4v) is 1.19. The second kappa shape index (κ2) is 5.20. The Morgan fingerprint density at radius 2 is 2.43 bits per heavy atom. The fraction of sp³-hybridized carbons (Fsp3) is 0.400. The largest absolute Gasteiger partial charge is 0.371 e. The summed E-state index contributed by atoms with van der Waals surface area (Å²) in [5.74, 6) is 0. The molecule has 0 radical (unpaired) electrons. The molecule has 74 valence electrons. The second-order valence-corrected chi connectivity index (χ2v) is 3.01. The SMILES string of the molecule is CNCCN(C)c1cccnc1C#N. The summed E-state index contributed by atoms with van der Waals surface area (Å²) in [4.78, 5) is 6.02. The van der Waals surface area contributed by atoms with Crippen molar-refractivity contribution in [1.29, 1.82) is 5.26 Å². The molecular formula is C10H14N4. The molecule has 0 unspecified atom stereocenters. The lowest BCUT2D eigenvalue weighted by Gasteiger charge is -2.19. The highest BCUT2D eigenvalue weighted by Crippen LogP contribution is 2.14. The topological polar surface area (TPSA) is 52.0 Å². The van der Waals surface area contributed by atoms with Gasteiger partial charge in [-0.1, -0.05) is 0 Å². The van der Waals surface area contributed by atoms with Crippen LogP contribution >= 0.6 is 0 Å². The van der Waals surface area contributed by atoms with Gasteiger partial charge < -0.3 is 10.2 Å². The predicted octanol–water partition coefficient (Wildman–Crippen LogP) is 0.609. The molecule has 0 aliphatic carbocycles. The first-order valence-corrected chi connectivity index (χ1v) is 4.50. The Labute approximate surface area is 84.2 Å². The van der Waals surface area contributed by atoms with Gasteiger partial charge in [0, 0.05) is 26.3 Å². The van der Waals surface area contributed by atoms with Crippen LogP contribution in [-0.2, 0) is 0 Å². The maximum Gasteiger partial charge on any atom is 0.163 e. The van der Waals surface area contributed by atoms with E-state index in [2.05, 4.69) is 16.4 Å². The maximum atomic E-state index is 8.84. The Kier molecular flexibility index (Phi) is 3.89. The van der Waals surface area contributed by atoms with Crippen LogP contribution in [0.2, 0.25) is 0 Å². The summed E-state index contributed by atoms with van der Waals surface area (Å²) in [6, 6.07) is 5.82. The highest BCUT2D eigenvalue weighted by atomic mass is 15.1. The molecule has 1 N–H and O–H groups in total. The zero-order valence-corrected chi connectivity index (χ0v) is 8.49. The van der Waals surface area contributed by atoms with E-state index in [9.17, 15) is 0 Å². The van der Waals surface area contributed by atoms with Gasteiger partial charge in [0.05, 0.1) is 5.69 Å². The van der Waals surface area contributed by atoms with Crippen LogP contribution in [0.15, 0.2) is 18.3 Å². The molecule has 14 heavy (non-hydrogen) atoms. The molecule has 0 saturated carbocycles. The summed E-state index contributed by atoms with van der Waals surface area (Å²) in [6.45, 7) is 1.74. The molecule has 4 heteroatoms. The van der Waals surface area contributed by atoms with E-state index in [1.165, 1.54) is 0 Å². The number of nitrogens with zero attached hydrogens (tertiary/aromatic N) is 3. The average molecular weight is 190 g/mol. The van der Waals surface area contributed by atoms with Gasteiger partial charge in [-0.05, 0) is 19.2 Å². The summed E-state index contributed by atoms with van der Waals surface area (Å²) in [7, 11) is 3.86. The summed E-state index contributed by atoms with van der Waals surface area (Å²) < 4.78 is 0. The number of hydrogen-bond donors (Lipinski definition) is 1. The van der Waals surface area contributed by atoms with E-state index in [0.717, 1.165) is 18.8 Å². The molecule has 0 aliphatic heterocycles. The standard InChI is InChI=1S/C10H14N4/c1-12-6-7-14(2)10-4-3-5-13-9(10)8-11/h3-5,12H,6-7H2,1-2H3. The molecule has 0 aromatic carbocycles. The highest BCUT2D eigenvalue weighted by molar-refractivity contribution is 5.54. The lowest BCUT2D eigenvalue weighted by atomic mass is 10.3. The Morgan fingerprint density at radius 3 is 3.07 bits per heavy atom. The number of likely N-dealkylation sites (N-methyl/N-ethyl adjacent to an activating group) is 2. The quantitative estimate of drug-likeness (QED) is 0.755. The fourth-order valence-electron chi connectivity index (χ4n) is 1.19. The summed E-state index contributed by atoms with van der Waals surface area (Å²) in [6.07, 6.45) is 1.63. The lowest BCUT2D eigenvalue weighted by molar-refractivity contribution is 0.766. The van der Waals surface area contributed by atoms with Crippen molar-refractivity contribution in [3.63, 3.8) is 0 Å². The minimum Gasteiger partial charge on any atom is -0.371 e. The Morgan fingerprint density at radius 1 is 1.64 bits per heavy atom. The van der Waals surface area contributed by atoms with E-state index in [-0.39, 0.29) is 0 Å². The third kappa shape index (κ3) is 2.44. The van der Waals surface area contributed by atoms with Gasteiger partial charge in [0.25, 0.3) is 0 Å². The van der Waals surface area contributed by atoms with Gasteiger partial charge in [0.15, 0.2) is 5.69 Å². The predicted molar refractivity (Wildman–Crippen MR) is 56.1 cm³/mol. The van der Waals surface area contributed by atoms with Crippen LogP contribution in [0.25, 0.3) is 0 Å². The number of hydrogen-bond acceptors (Lipinski definition) is 4. The molecule has 0 saturated heterocycles. The molecule has 4 nitrogen and oxygen atoms in total. The third-order valence-corrected chi connectivity index (χ3v) is 2.00. The van der Waals surface area contributed by atoms with Crippen molar-refractivity contribution in [2.75, 3.05) is 32.1 Å². The van der Waals surface area contributed by atoms with Crippen LogP contribution in [0.3, 0.4) is 0 Å². The van der Waals surface area contributed by atoms with Gasteiger partial charge in [0.1, 0.15) is 6.07 Å². The van der Waals surface area contributed by atoms with Gasteiger partial charge in [-0.3, -0.25) is 0 Å². The van der Waals surface area contributed by atoms with Crippen LogP contribution in [0.1, 0.15) is 5.69 Å². The highest BCUT2D eigenvalue weighted by Gasteiger charge is 2.06. The number of nitriles is 1. The Hall–Kier alpha value is -1.60. The van der Waals surface area contributed by atoms with E-state index < -0.39 is 0 Å². The van der Waals surface area contributed by atoms with Crippen molar-refractivity contribution in [2.45, 2.75) is 0 Å². The van der Waals surface area contributed by atoms with Crippen LogP contribution in [0.4, 0.5) is 5.69 Å².